The molecule has 0 heterocycles. The summed E-state index contributed by atoms with van der Waals surface area (Å²) < 4.78 is 10.2. The molecule has 0 spiro atoms. The van der Waals surface area contributed by atoms with Gasteiger partial charge in [-0.3, -0.25) is 4.79 Å². The van der Waals surface area contributed by atoms with E-state index in [2.05, 4.69) is 5.32 Å². The Morgan fingerprint density at radius 2 is 1.85 bits per heavy atom. The van der Waals surface area contributed by atoms with Crippen molar-refractivity contribution in [1.82, 2.24) is 0 Å². The molecule has 1 aliphatic carbocycles. The Labute approximate surface area is 116 Å². The first-order valence-electron chi connectivity index (χ1n) is 6.34. The molecule has 108 valence electrons. The van der Waals surface area contributed by atoms with Crippen LogP contribution in [0.5, 0.6) is 11.5 Å². The van der Waals surface area contributed by atoms with Gasteiger partial charge in [0.15, 0.2) is 11.5 Å². The van der Waals surface area contributed by atoms with Gasteiger partial charge >= 0.3 is 5.97 Å². The molecule has 0 atom stereocenters. The van der Waals surface area contributed by atoms with Crippen LogP contribution in [-0.2, 0) is 4.79 Å². The van der Waals surface area contributed by atoms with Crippen molar-refractivity contribution in [2.75, 3.05) is 19.5 Å². The molecule has 1 amide bonds. The standard InChI is InChI=1S/C14H17NO5/c1-19-11-6-9(14(17)18)10(7-12(11)20-2)15-13(16)5-8-3-4-8/h6-8H,3-5H2,1-2H3,(H,15,16)(H,17,18). The fraction of sp³-hybridized carbons (Fsp3) is 0.429. The van der Waals surface area contributed by atoms with Crippen molar-refractivity contribution >= 4 is 17.6 Å². The molecule has 0 aliphatic heterocycles. The number of ether oxygens (including phenoxy) is 2. The van der Waals surface area contributed by atoms with E-state index in [4.69, 9.17) is 9.47 Å². The zero-order valence-corrected chi connectivity index (χ0v) is 11.4. The van der Waals surface area contributed by atoms with E-state index in [-0.39, 0.29) is 17.2 Å². The van der Waals surface area contributed by atoms with Crippen molar-refractivity contribution < 1.29 is 24.2 Å². The lowest BCUT2D eigenvalue weighted by molar-refractivity contribution is -0.116. The first-order valence-corrected chi connectivity index (χ1v) is 6.34. The number of nitrogens with one attached hydrogen (secondary N) is 1. The summed E-state index contributed by atoms with van der Waals surface area (Å²) in [6.45, 7) is 0. The van der Waals surface area contributed by atoms with Crippen LogP contribution in [0.25, 0.3) is 0 Å². The summed E-state index contributed by atoms with van der Waals surface area (Å²) in [6.07, 6.45) is 2.55. The van der Waals surface area contributed by atoms with Crippen molar-refractivity contribution in [3.05, 3.63) is 17.7 Å². The van der Waals surface area contributed by atoms with Gasteiger partial charge in [0, 0.05) is 18.6 Å². The van der Waals surface area contributed by atoms with Gasteiger partial charge in [-0.25, -0.2) is 4.79 Å². The fourth-order valence-corrected chi connectivity index (χ4v) is 1.94. The van der Waals surface area contributed by atoms with Crippen LogP contribution < -0.4 is 14.8 Å². The molecule has 1 saturated carbocycles. The largest absolute Gasteiger partial charge is 0.493 e. The second kappa shape index (κ2) is 5.81. The minimum Gasteiger partial charge on any atom is -0.493 e. The van der Waals surface area contributed by atoms with Crippen LogP contribution in [0.3, 0.4) is 0 Å². The quantitative estimate of drug-likeness (QED) is 0.833. The molecular weight excluding hydrogens is 262 g/mol. The zero-order valence-electron chi connectivity index (χ0n) is 11.4. The number of rotatable bonds is 6. The molecule has 1 aromatic carbocycles. The van der Waals surface area contributed by atoms with Crippen LogP contribution in [0.15, 0.2) is 12.1 Å². The summed E-state index contributed by atoms with van der Waals surface area (Å²) in [4.78, 5) is 23.1. The van der Waals surface area contributed by atoms with Gasteiger partial charge in [-0.05, 0) is 18.8 Å². The first-order chi connectivity index (χ1) is 9.55. The van der Waals surface area contributed by atoms with E-state index in [1.54, 1.807) is 0 Å². The second-order valence-electron chi connectivity index (χ2n) is 4.75. The summed E-state index contributed by atoms with van der Waals surface area (Å²) in [6, 6.07) is 2.81. The summed E-state index contributed by atoms with van der Waals surface area (Å²) >= 11 is 0. The molecule has 20 heavy (non-hydrogen) atoms. The Balaban J connectivity index is 2.28. The molecular formula is C14H17NO5. The summed E-state index contributed by atoms with van der Waals surface area (Å²) in [5, 5.41) is 11.8. The Morgan fingerprint density at radius 3 is 2.35 bits per heavy atom. The number of carboxylic acid groups (broad SMARTS) is 1. The lowest BCUT2D eigenvalue weighted by Crippen LogP contribution is -2.15. The van der Waals surface area contributed by atoms with Crippen molar-refractivity contribution in [2.45, 2.75) is 19.3 Å². The summed E-state index contributed by atoms with van der Waals surface area (Å²) in [5.74, 6) is -0.192. The smallest absolute Gasteiger partial charge is 0.337 e. The number of carbonyl (C=O) groups is 2. The molecule has 2 N–H and O–H groups in total. The number of amides is 1. The fourth-order valence-electron chi connectivity index (χ4n) is 1.94. The van der Waals surface area contributed by atoms with Crippen molar-refractivity contribution in [1.29, 1.82) is 0 Å². The van der Waals surface area contributed by atoms with Crippen LogP contribution >= 0.6 is 0 Å². The SMILES string of the molecule is COc1cc(NC(=O)CC2CC2)c(C(=O)O)cc1OC. The topological polar surface area (TPSA) is 84.9 Å². The minimum atomic E-state index is -1.13. The normalized spacial score (nSPS) is 13.7. The summed E-state index contributed by atoms with van der Waals surface area (Å²) in [5.41, 5.74) is 0.201. The number of anilines is 1. The monoisotopic (exact) mass is 279 g/mol. The Bertz CT molecular complexity index is 537. The number of hydrogen-bond donors (Lipinski definition) is 2. The minimum absolute atomic E-state index is 0.0215. The van der Waals surface area contributed by atoms with E-state index >= 15 is 0 Å². The molecule has 6 heteroatoms. The Hall–Kier alpha value is -2.24. The molecule has 1 aromatic rings. The Morgan fingerprint density at radius 1 is 1.25 bits per heavy atom. The zero-order chi connectivity index (χ0) is 14.7. The van der Waals surface area contributed by atoms with Gasteiger partial charge in [0.2, 0.25) is 5.91 Å². The van der Waals surface area contributed by atoms with Crippen LogP contribution in [0.4, 0.5) is 5.69 Å². The van der Waals surface area contributed by atoms with Gasteiger partial charge in [0.1, 0.15) is 0 Å². The van der Waals surface area contributed by atoms with E-state index < -0.39 is 5.97 Å². The highest BCUT2D eigenvalue weighted by Crippen LogP contribution is 2.35. The molecule has 2 rings (SSSR count). The van der Waals surface area contributed by atoms with E-state index in [1.165, 1.54) is 26.4 Å². The number of benzene rings is 1. The van der Waals surface area contributed by atoms with Gasteiger partial charge in [0.25, 0.3) is 0 Å². The number of hydrogen-bond acceptors (Lipinski definition) is 4. The van der Waals surface area contributed by atoms with Crippen LogP contribution in [0.2, 0.25) is 0 Å². The number of methoxy groups -OCH3 is 2. The average Bonchev–Trinajstić information content (AvgIpc) is 3.21. The maximum Gasteiger partial charge on any atom is 0.337 e. The number of carbonyl (C=O) groups excluding carboxylic acids is 1. The first kappa shape index (κ1) is 14.2. The predicted molar refractivity (Wildman–Crippen MR) is 72.5 cm³/mol. The third-order valence-electron chi connectivity index (χ3n) is 3.20. The van der Waals surface area contributed by atoms with Gasteiger partial charge in [-0.2, -0.15) is 0 Å². The van der Waals surface area contributed by atoms with Gasteiger partial charge in [0.05, 0.1) is 25.5 Å². The average molecular weight is 279 g/mol. The second-order valence-corrected chi connectivity index (χ2v) is 4.75. The third-order valence-corrected chi connectivity index (χ3v) is 3.20. The van der Waals surface area contributed by atoms with E-state index in [1.807, 2.05) is 0 Å². The van der Waals surface area contributed by atoms with Gasteiger partial charge in [-0.1, -0.05) is 0 Å². The third kappa shape index (κ3) is 3.20. The predicted octanol–water partition coefficient (Wildman–Crippen LogP) is 2.14. The van der Waals surface area contributed by atoms with E-state index in [0.29, 0.717) is 23.8 Å². The van der Waals surface area contributed by atoms with Crippen LogP contribution in [0.1, 0.15) is 29.6 Å². The molecule has 0 unspecified atom stereocenters. The van der Waals surface area contributed by atoms with Crippen molar-refractivity contribution in [3.8, 4) is 11.5 Å². The molecule has 1 aliphatic rings. The maximum absolute atomic E-state index is 11.8. The highest BCUT2D eigenvalue weighted by molar-refractivity contribution is 6.01. The molecule has 0 saturated heterocycles. The number of carboxylic acids is 1. The summed E-state index contributed by atoms with van der Waals surface area (Å²) in [7, 11) is 2.88. The molecule has 1 fully saturated rings. The highest BCUT2D eigenvalue weighted by atomic mass is 16.5. The van der Waals surface area contributed by atoms with Crippen LogP contribution in [-0.4, -0.2) is 31.2 Å². The Kier molecular flexibility index (Phi) is 4.12. The van der Waals surface area contributed by atoms with Crippen molar-refractivity contribution in [3.63, 3.8) is 0 Å². The van der Waals surface area contributed by atoms with Crippen molar-refractivity contribution in [2.24, 2.45) is 5.92 Å². The highest BCUT2D eigenvalue weighted by Gasteiger charge is 2.25. The molecule has 0 bridgehead atoms. The maximum atomic E-state index is 11.8. The van der Waals surface area contributed by atoms with E-state index in [9.17, 15) is 14.7 Å². The molecule has 6 nitrogen and oxygen atoms in total. The van der Waals surface area contributed by atoms with Gasteiger partial charge < -0.3 is 19.9 Å². The molecule has 0 aromatic heterocycles. The lowest BCUT2D eigenvalue weighted by atomic mass is 10.1. The van der Waals surface area contributed by atoms with Crippen LogP contribution in [0, 0.1) is 5.92 Å². The van der Waals surface area contributed by atoms with E-state index in [0.717, 1.165) is 12.8 Å². The number of aromatic carboxylic acids is 1. The lowest BCUT2D eigenvalue weighted by Gasteiger charge is -2.13. The van der Waals surface area contributed by atoms with Gasteiger partial charge in [-0.15, -0.1) is 0 Å². The molecule has 0 radical (unpaired) electrons.